The first-order valence-electron chi connectivity index (χ1n) is 9.46. The zero-order valence-corrected chi connectivity index (χ0v) is 15.9. The van der Waals surface area contributed by atoms with Crippen LogP contribution in [0.5, 0.6) is 5.88 Å². The first kappa shape index (κ1) is 19.9. The minimum Gasteiger partial charge on any atom is -0.397 e. The molecule has 2 aromatic rings. The van der Waals surface area contributed by atoms with E-state index in [-0.39, 0.29) is 35.6 Å². The van der Waals surface area contributed by atoms with Crippen molar-refractivity contribution in [3.05, 3.63) is 57.9 Å². The number of hydrogen-bond donors (Lipinski definition) is 0. The number of likely N-dealkylation sites (tertiary alicyclic amines) is 1. The van der Waals surface area contributed by atoms with E-state index in [0.29, 0.717) is 42.6 Å². The Morgan fingerprint density at radius 1 is 1.13 bits per heavy atom. The van der Waals surface area contributed by atoms with Gasteiger partial charge >= 0.3 is 17.5 Å². The highest BCUT2D eigenvalue weighted by Crippen LogP contribution is 2.21. The van der Waals surface area contributed by atoms with Crippen molar-refractivity contribution in [1.82, 2.24) is 14.6 Å². The number of halogens is 1. The van der Waals surface area contributed by atoms with Crippen LogP contribution in [-0.4, -0.2) is 45.4 Å². The lowest BCUT2D eigenvalue weighted by Crippen LogP contribution is -2.42. The number of benzene rings is 1. The molecule has 0 amide bonds. The van der Waals surface area contributed by atoms with Crippen LogP contribution in [0.2, 0.25) is 0 Å². The molecule has 0 saturated carbocycles. The summed E-state index contributed by atoms with van der Waals surface area (Å²) in [6.45, 7) is 0.906. The number of nitrogens with zero attached hydrogens (tertiary/aromatic N) is 3. The van der Waals surface area contributed by atoms with E-state index in [4.69, 9.17) is 4.74 Å². The third kappa shape index (κ3) is 4.13. The maximum Gasteiger partial charge on any atom is 0.442 e. The van der Waals surface area contributed by atoms with Crippen molar-refractivity contribution in [2.75, 3.05) is 13.1 Å². The zero-order valence-electron chi connectivity index (χ0n) is 15.9. The molecule has 2 bridgehead atoms. The summed E-state index contributed by atoms with van der Waals surface area (Å²) in [4.78, 5) is 58.2. The first-order chi connectivity index (χ1) is 14.4. The highest BCUT2D eigenvalue weighted by Gasteiger charge is 2.30. The third-order valence-electron chi connectivity index (χ3n) is 5.17. The van der Waals surface area contributed by atoms with Crippen LogP contribution in [0.3, 0.4) is 0 Å². The first-order valence-corrected chi connectivity index (χ1v) is 9.46. The lowest BCUT2D eigenvalue weighted by Gasteiger charge is -2.31. The van der Waals surface area contributed by atoms with Gasteiger partial charge < -0.3 is 9.57 Å². The second-order valence-electron chi connectivity index (χ2n) is 7.20. The molecule has 1 aromatic carbocycles. The number of esters is 1. The molecule has 0 aliphatic carbocycles. The Hall–Kier alpha value is -3.40. The molecule has 1 saturated heterocycles. The van der Waals surface area contributed by atoms with Crippen molar-refractivity contribution in [2.45, 2.75) is 25.8 Å². The summed E-state index contributed by atoms with van der Waals surface area (Å²) >= 11 is 0. The summed E-state index contributed by atoms with van der Waals surface area (Å²) in [6, 6.07) is 6.46. The number of carbonyl (C=O) groups excluding carboxylic acids is 3. The third-order valence-corrected chi connectivity index (χ3v) is 5.17. The largest absolute Gasteiger partial charge is 0.442 e. The fourth-order valence-electron chi connectivity index (χ4n) is 3.59. The molecule has 0 radical (unpaired) electrons. The topological polar surface area (TPSA) is 108 Å². The van der Waals surface area contributed by atoms with Crippen molar-refractivity contribution in [1.29, 1.82) is 0 Å². The van der Waals surface area contributed by atoms with Gasteiger partial charge in [0.25, 0.3) is 0 Å². The molecule has 0 N–H and O–H groups in total. The van der Waals surface area contributed by atoms with Gasteiger partial charge in [0, 0.05) is 32.0 Å². The predicted octanol–water partition coefficient (Wildman–Crippen LogP) is 0.280. The molecule has 1 atom stereocenters. The molecule has 156 valence electrons. The van der Waals surface area contributed by atoms with E-state index in [0.717, 1.165) is 6.20 Å². The molecule has 4 rings (SSSR count). The van der Waals surface area contributed by atoms with Gasteiger partial charge in [-0.05, 0) is 24.5 Å². The van der Waals surface area contributed by atoms with Gasteiger partial charge in [0.15, 0.2) is 0 Å². The molecule has 1 fully saturated rings. The Bertz CT molecular complexity index is 1080. The van der Waals surface area contributed by atoms with Crippen LogP contribution in [0.15, 0.2) is 35.3 Å². The highest BCUT2D eigenvalue weighted by atomic mass is 19.1. The Kier molecular flexibility index (Phi) is 5.40. The van der Waals surface area contributed by atoms with Crippen LogP contribution in [0.4, 0.5) is 4.39 Å². The average Bonchev–Trinajstić information content (AvgIpc) is 2.84. The van der Waals surface area contributed by atoms with E-state index in [2.05, 4.69) is 9.82 Å². The van der Waals surface area contributed by atoms with E-state index >= 15 is 0 Å². The lowest BCUT2D eigenvalue weighted by molar-refractivity contribution is -0.161. The van der Waals surface area contributed by atoms with Crippen LogP contribution < -0.4 is 15.1 Å². The number of ether oxygens (including phenoxy) is 1. The molecule has 2 aliphatic rings. The number of hydrogen-bond acceptors (Lipinski definition) is 8. The normalized spacial score (nSPS) is 19.2. The maximum atomic E-state index is 13.8. The van der Waals surface area contributed by atoms with E-state index in [1.165, 1.54) is 6.07 Å². The van der Waals surface area contributed by atoms with Crippen molar-refractivity contribution in [2.24, 2.45) is 5.92 Å². The number of aromatic nitrogens is 2. The molecule has 0 spiro atoms. The Labute approximate surface area is 170 Å². The number of rotatable bonds is 5. The van der Waals surface area contributed by atoms with Crippen LogP contribution in [0, 0.1) is 11.7 Å². The Balaban J connectivity index is 1.46. The van der Waals surface area contributed by atoms with Crippen molar-refractivity contribution in [3.63, 3.8) is 0 Å². The Morgan fingerprint density at radius 2 is 1.93 bits per heavy atom. The smallest absolute Gasteiger partial charge is 0.397 e. The van der Waals surface area contributed by atoms with Gasteiger partial charge in [0.1, 0.15) is 23.5 Å². The van der Waals surface area contributed by atoms with Gasteiger partial charge in [-0.15, -0.1) is 4.73 Å². The monoisotopic (exact) mass is 415 g/mol. The second kappa shape index (κ2) is 8.15. The average molecular weight is 415 g/mol. The molecule has 2 aliphatic heterocycles. The minimum absolute atomic E-state index is 0.0252. The molecule has 3 heterocycles. The molecule has 9 nitrogen and oxygen atoms in total. The minimum atomic E-state index is -1.32. The summed E-state index contributed by atoms with van der Waals surface area (Å²) in [5.74, 6) is -3.29. The second-order valence-corrected chi connectivity index (χ2v) is 7.20. The van der Waals surface area contributed by atoms with Crippen molar-refractivity contribution < 1.29 is 28.3 Å². The number of Topliss-reactive ketones (excluding diaryl/α,β-unsaturated/α-hetero) is 1. The van der Waals surface area contributed by atoms with Crippen LogP contribution in [0.25, 0.3) is 0 Å². The van der Waals surface area contributed by atoms with Crippen molar-refractivity contribution >= 4 is 17.7 Å². The quantitative estimate of drug-likeness (QED) is 0.506. The summed E-state index contributed by atoms with van der Waals surface area (Å²) in [5, 5.41) is 0. The SMILES string of the molecule is O=C1Oc2cn(c(=O)c(CN3CCC(=O)C(CCc4ccccc4F)C3)n2)OC1=O. The molecule has 1 unspecified atom stereocenters. The Morgan fingerprint density at radius 3 is 2.73 bits per heavy atom. The van der Waals surface area contributed by atoms with Gasteiger partial charge in [-0.1, -0.05) is 18.2 Å². The molecule has 10 heteroatoms. The predicted molar refractivity (Wildman–Crippen MR) is 98.8 cm³/mol. The van der Waals surface area contributed by atoms with E-state index < -0.39 is 17.5 Å². The van der Waals surface area contributed by atoms with Crippen LogP contribution >= 0.6 is 0 Å². The summed E-state index contributed by atoms with van der Waals surface area (Å²) in [5.41, 5.74) is -0.107. The number of fused-ring (bicyclic) bond motifs is 2. The molecule has 30 heavy (non-hydrogen) atoms. The fraction of sp³-hybridized carbons (Fsp3) is 0.350. The summed E-state index contributed by atoms with van der Waals surface area (Å²) < 4.78 is 19.2. The van der Waals surface area contributed by atoms with Crippen LogP contribution in [-0.2, 0) is 27.3 Å². The van der Waals surface area contributed by atoms with Crippen molar-refractivity contribution in [3.8, 4) is 5.88 Å². The molecular formula is C20H18FN3O6. The van der Waals surface area contributed by atoms with Crippen LogP contribution in [0.1, 0.15) is 24.1 Å². The zero-order chi connectivity index (χ0) is 21.3. The maximum absolute atomic E-state index is 13.8. The van der Waals surface area contributed by atoms with Gasteiger partial charge in [0.05, 0.1) is 0 Å². The van der Waals surface area contributed by atoms with Gasteiger partial charge in [0.2, 0.25) is 5.88 Å². The van der Waals surface area contributed by atoms with E-state index in [1.807, 2.05) is 4.90 Å². The van der Waals surface area contributed by atoms with E-state index in [9.17, 15) is 23.6 Å². The van der Waals surface area contributed by atoms with E-state index in [1.54, 1.807) is 18.2 Å². The highest BCUT2D eigenvalue weighted by molar-refractivity contribution is 6.30. The molecule has 1 aromatic heterocycles. The van der Waals surface area contributed by atoms with Gasteiger partial charge in [-0.25, -0.2) is 19.0 Å². The van der Waals surface area contributed by atoms with Gasteiger partial charge in [-0.3, -0.25) is 14.5 Å². The molecular weight excluding hydrogens is 397 g/mol. The number of carbonyl (C=O) groups is 3. The number of piperidine rings is 1. The fourth-order valence-corrected chi connectivity index (χ4v) is 3.59. The summed E-state index contributed by atoms with van der Waals surface area (Å²) in [7, 11) is 0. The van der Waals surface area contributed by atoms with Gasteiger partial charge in [-0.2, -0.15) is 0 Å². The summed E-state index contributed by atoms with van der Waals surface area (Å²) in [6.07, 6.45) is 2.25. The number of aryl methyl sites for hydroxylation is 1. The lowest BCUT2D eigenvalue weighted by atomic mass is 9.90. The number of ketones is 1. The standard InChI is InChI=1S/C20H18FN3O6/c21-14-4-2-1-3-12(14)5-6-13-9-23(8-7-16(13)25)10-15-18(26)24-11-17(22-15)29-19(27)20(28)30-24/h1-4,11,13H,5-10H2.